The van der Waals surface area contributed by atoms with Gasteiger partial charge in [-0.25, -0.2) is 0 Å². The van der Waals surface area contributed by atoms with Gasteiger partial charge in [0.15, 0.2) is 5.75 Å². The number of nitrogens with zero attached hydrogens (tertiary/aromatic N) is 1. The summed E-state index contributed by atoms with van der Waals surface area (Å²) in [5.74, 6) is -0.0796. The molecule has 1 aromatic rings. The number of nitriles is 1. The van der Waals surface area contributed by atoms with Crippen LogP contribution in [-0.2, 0) is 0 Å². The van der Waals surface area contributed by atoms with Crippen molar-refractivity contribution in [2.24, 2.45) is 0 Å². The number of halogens is 1. The van der Waals surface area contributed by atoms with Crippen LogP contribution in [0.2, 0.25) is 0 Å². The molecule has 0 aliphatic heterocycles. The third-order valence-corrected chi connectivity index (χ3v) is 1.93. The summed E-state index contributed by atoms with van der Waals surface area (Å²) in [6.07, 6.45) is 0. The highest BCUT2D eigenvalue weighted by molar-refractivity contribution is 9.10. The number of nitrogen functional groups attached to an aromatic ring is 1. The quantitative estimate of drug-likeness (QED) is 0.508. The van der Waals surface area contributed by atoms with Gasteiger partial charge in [-0.1, -0.05) is 0 Å². The molecule has 0 unspecified atom stereocenters. The number of rotatable bonds is 0. The zero-order valence-electron chi connectivity index (χ0n) is 5.50. The predicted octanol–water partition coefficient (Wildman–Crippen LogP) is 1.61. The lowest BCUT2D eigenvalue weighted by molar-refractivity contribution is 0.474. The van der Waals surface area contributed by atoms with Crippen molar-refractivity contribution in [3.05, 3.63) is 22.2 Å². The van der Waals surface area contributed by atoms with Crippen molar-refractivity contribution in [1.82, 2.24) is 0 Å². The molecule has 0 aromatic heterocycles. The number of hydrogen-bond acceptors (Lipinski definition) is 3. The Labute approximate surface area is 72.2 Å². The van der Waals surface area contributed by atoms with E-state index >= 15 is 0 Å². The van der Waals surface area contributed by atoms with Crippen LogP contribution in [0.4, 0.5) is 5.69 Å². The maximum Gasteiger partial charge on any atom is 0.154 e. The van der Waals surface area contributed by atoms with Crippen LogP contribution in [0.3, 0.4) is 0 Å². The first-order valence-corrected chi connectivity index (χ1v) is 3.63. The minimum absolute atomic E-state index is 0.0796. The molecule has 0 amide bonds. The minimum atomic E-state index is -0.0796. The monoisotopic (exact) mass is 212 g/mol. The molecule has 0 saturated carbocycles. The zero-order chi connectivity index (χ0) is 8.43. The Kier molecular flexibility index (Phi) is 2.01. The lowest BCUT2D eigenvalue weighted by Gasteiger charge is -2.01. The van der Waals surface area contributed by atoms with Gasteiger partial charge in [0.25, 0.3) is 0 Å². The Morgan fingerprint density at radius 1 is 1.55 bits per heavy atom. The van der Waals surface area contributed by atoms with Crippen LogP contribution in [-0.4, -0.2) is 5.11 Å². The molecule has 1 aromatic carbocycles. The van der Waals surface area contributed by atoms with Crippen molar-refractivity contribution >= 4 is 21.6 Å². The second kappa shape index (κ2) is 2.81. The standard InChI is InChI=1S/C7H5BrN2O/c8-5-2-1-4(3-9)6(10)7(5)11/h1-2,11H,10H2. The Balaban J connectivity index is 3.40. The van der Waals surface area contributed by atoms with E-state index in [1.165, 1.54) is 0 Å². The molecule has 0 radical (unpaired) electrons. The SMILES string of the molecule is N#Cc1ccc(Br)c(O)c1N. The van der Waals surface area contributed by atoms with Crippen LogP contribution in [0.5, 0.6) is 5.75 Å². The summed E-state index contributed by atoms with van der Waals surface area (Å²) < 4.78 is 0.494. The van der Waals surface area contributed by atoms with Gasteiger partial charge in [-0.05, 0) is 28.1 Å². The first-order valence-electron chi connectivity index (χ1n) is 2.84. The Bertz CT molecular complexity index is 330. The molecule has 0 aliphatic carbocycles. The predicted molar refractivity (Wildman–Crippen MR) is 44.9 cm³/mol. The molecule has 0 atom stereocenters. The van der Waals surface area contributed by atoms with E-state index < -0.39 is 0 Å². The summed E-state index contributed by atoms with van der Waals surface area (Å²) in [5, 5.41) is 17.7. The summed E-state index contributed by atoms with van der Waals surface area (Å²) >= 11 is 3.07. The van der Waals surface area contributed by atoms with Gasteiger partial charge >= 0.3 is 0 Å². The number of benzene rings is 1. The average Bonchev–Trinajstić information content (AvgIpc) is 2.01. The molecule has 0 fully saturated rings. The van der Waals surface area contributed by atoms with E-state index in [0.717, 1.165) is 0 Å². The maximum absolute atomic E-state index is 9.20. The highest BCUT2D eigenvalue weighted by Crippen LogP contribution is 2.31. The fourth-order valence-electron chi connectivity index (χ4n) is 0.679. The molecule has 0 bridgehead atoms. The molecule has 3 N–H and O–H groups in total. The van der Waals surface area contributed by atoms with Crippen molar-refractivity contribution in [2.75, 3.05) is 5.73 Å². The van der Waals surface area contributed by atoms with Gasteiger partial charge in [-0.3, -0.25) is 0 Å². The highest BCUT2D eigenvalue weighted by Gasteiger charge is 2.06. The lowest BCUT2D eigenvalue weighted by Crippen LogP contribution is -1.90. The third-order valence-electron chi connectivity index (χ3n) is 1.29. The molecule has 3 nitrogen and oxygen atoms in total. The van der Waals surface area contributed by atoms with Crippen LogP contribution in [0.1, 0.15) is 5.56 Å². The normalized spacial score (nSPS) is 9.09. The van der Waals surface area contributed by atoms with Gasteiger partial charge < -0.3 is 10.8 Å². The van der Waals surface area contributed by atoms with Crippen LogP contribution < -0.4 is 5.73 Å². The summed E-state index contributed by atoms with van der Waals surface area (Å²) in [7, 11) is 0. The topological polar surface area (TPSA) is 70.0 Å². The number of hydrogen-bond donors (Lipinski definition) is 2. The molecule has 0 saturated heterocycles. The summed E-state index contributed by atoms with van der Waals surface area (Å²) in [6, 6.07) is 4.97. The lowest BCUT2D eigenvalue weighted by atomic mass is 10.2. The van der Waals surface area contributed by atoms with E-state index in [4.69, 9.17) is 11.0 Å². The smallest absolute Gasteiger partial charge is 0.154 e. The second-order valence-electron chi connectivity index (χ2n) is 1.97. The molecular formula is C7H5BrN2O. The largest absolute Gasteiger partial charge is 0.505 e. The summed E-state index contributed by atoms with van der Waals surface area (Å²) in [5.41, 5.74) is 5.79. The Hall–Kier alpha value is -1.21. The Morgan fingerprint density at radius 3 is 2.73 bits per heavy atom. The van der Waals surface area contributed by atoms with Crippen LogP contribution >= 0.6 is 15.9 Å². The number of anilines is 1. The van der Waals surface area contributed by atoms with Gasteiger partial charge in [0.1, 0.15) is 6.07 Å². The molecule has 56 valence electrons. The van der Waals surface area contributed by atoms with E-state index in [2.05, 4.69) is 15.9 Å². The van der Waals surface area contributed by atoms with Gasteiger partial charge in [0, 0.05) is 0 Å². The van der Waals surface area contributed by atoms with E-state index in [-0.39, 0.29) is 17.0 Å². The average molecular weight is 213 g/mol. The second-order valence-corrected chi connectivity index (χ2v) is 2.82. The number of phenolic OH excluding ortho intramolecular Hbond substituents is 1. The molecule has 1 rings (SSSR count). The maximum atomic E-state index is 9.20. The van der Waals surface area contributed by atoms with Gasteiger partial charge in [0.2, 0.25) is 0 Å². The number of phenols is 1. The van der Waals surface area contributed by atoms with Crippen molar-refractivity contribution in [2.45, 2.75) is 0 Å². The van der Waals surface area contributed by atoms with Crippen molar-refractivity contribution < 1.29 is 5.11 Å². The first-order chi connectivity index (χ1) is 5.16. The molecular weight excluding hydrogens is 208 g/mol. The fraction of sp³-hybridized carbons (Fsp3) is 0. The van der Waals surface area contributed by atoms with Gasteiger partial charge in [0.05, 0.1) is 15.7 Å². The van der Waals surface area contributed by atoms with Crippen LogP contribution in [0.25, 0.3) is 0 Å². The Morgan fingerprint density at radius 2 is 2.18 bits per heavy atom. The third kappa shape index (κ3) is 1.28. The molecule has 0 spiro atoms. The van der Waals surface area contributed by atoms with E-state index in [9.17, 15) is 5.11 Å². The van der Waals surface area contributed by atoms with E-state index in [0.29, 0.717) is 4.47 Å². The van der Waals surface area contributed by atoms with Gasteiger partial charge in [-0.2, -0.15) is 5.26 Å². The molecule has 4 heteroatoms. The van der Waals surface area contributed by atoms with E-state index in [1.54, 1.807) is 12.1 Å². The van der Waals surface area contributed by atoms with Crippen molar-refractivity contribution in [1.29, 1.82) is 5.26 Å². The molecule has 11 heavy (non-hydrogen) atoms. The number of nitrogens with two attached hydrogens (primary N) is 1. The van der Waals surface area contributed by atoms with Crippen LogP contribution in [0.15, 0.2) is 16.6 Å². The first kappa shape index (κ1) is 7.89. The summed E-state index contributed by atoms with van der Waals surface area (Å²) in [4.78, 5) is 0. The van der Waals surface area contributed by atoms with Gasteiger partial charge in [-0.15, -0.1) is 0 Å². The number of aromatic hydroxyl groups is 1. The minimum Gasteiger partial charge on any atom is -0.505 e. The van der Waals surface area contributed by atoms with E-state index in [1.807, 2.05) is 6.07 Å². The molecule has 0 heterocycles. The fourth-order valence-corrected chi connectivity index (χ4v) is 1.02. The highest BCUT2D eigenvalue weighted by atomic mass is 79.9. The zero-order valence-corrected chi connectivity index (χ0v) is 7.09. The van der Waals surface area contributed by atoms with Crippen molar-refractivity contribution in [3.8, 4) is 11.8 Å². The summed E-state index contributed by atoms with van der Waals surface area (Å²) in [6.45, 7) is 0. The molecule has 0 aliphatic rings. The van der Waals surface area contributed by atoms with Crippen molar-refractivity contribution in [3.63, 3.8) is 0 Å². The van der Waals surface area contributed by atoms with Crippen LogP contribution in [0, 0.1) is 11.3 Å².